The Hall–Kier alpha value is -2.80. The average Bonchev–Trinajstić information content (AvgIpc) is 3.09. The Balaban J connectivity index is 1.57. The van der Waals surface area contributed by atoms with E-state index in [4.69, 9.17) is 4.74 Å². The molecule has 1 spiro atoms. The zero-order valence-electron chi connectivity index (χ0n) is 15.9. The standard InChI is InChI=1S/C22H22F2N2O3/c23-18-7-6-15(12-19(18)24)21(28)26-13-17(22(14-26)8-10-29-11-9-22)20(27)25-16-4-2-1-3-5-16/h1-7,12,17H,8-11,13-14H2,(H,25,27). The van der Waals surface area contributed by atoms with Crippen LogP contribution in [0.3, 0.4) is 0 Å². The minimum atomic E-state index is -1.06. The molecule has 29 heavy (non-hydrogen) atoms. The van der Waals surface area contributed by atoms with Crippen molar-refractivity contribution in [3.8, 4) is 0 Å². The Morgan fingerprint density at radius 1 is 1.03 bits per heavy atom. The lowest BCUT2D eigenvalue weighted by atomic mass is 9.71. The molecule has 0 aliphatic carbocycles. The minimum Gasteiger partial charge on any atom is -0.381 e. The van der Waals surface area contributed by atoms with Crippen LogP contribution in [-0.4, -0.2) is 43.0 Å². The van der Waals surface area contributed by atoms with Crippen LogP contribution in [0, 0.1) is 23.0 Å². The van der Waals surface area contributed by atoms with Gasteiger partial charge in [0.25, 0.3) is 5.91 Å². The lowest BCUT2D eigenvalue weighted by molar-refractivity contribution is -0.124. The number of nitrogens with one attached hydrogen (secondary N) is 1. The summed E-state index contributed by atoms with van der Waals surface area (Å²) in [6.45, 7) is 1.68. The second kappa shape index (κ2) is 7.91. The lowest BCUT2D eigenvalue weighted by Crippen LogP contribution is -2.42. The number of halogens is 2. The number of amides is 2. The number of benzene rings is 2. The normalized spacial score (nSPS) is 20.6. The third-order valence-corrected chi connectivity index (χ3v) is 5.95. The summed E-state index contributed by atoms with van der Waals surface area (Å²) >= 11 is 0. The van der Waals surface area contributed by atoms with Gasteiger partial charge in [-0.3, -0.25) is 9.59 Å². The molecule has 2 aromatic carbocycles. The Bertz CT molecular complexity index is 914. The molecule has 2 heterocycles. The summed E-state index contributed by atoms with van der Waals surface area (Å²) in [7, 11) is 0. The Morgan fingerprint density at radius 3 is 2.45 bits per heavy atom. The van der Waals surface area contributed by atoms with Crippen LogP contribution in [0.25, 0.3) is 0 Å². The van der Waals surface area contributed by atoms with E-state index in [1.165, 1.54) is 6.07 Å². The largest absolute Gasteiger partial charge is 0.381 e. The topological polar surface area (TPSA) is 58.6 Å². The molecule has 2 saturated heterocycles. The fourth-order valence-electron chi connectivity index (χ4n) is 4.33. The Morgan fingerprint density at radius 2 is 1.76 bits per heavy atom. The maximum absolute atomic E-state index is 13.6. The third kappa shape index (κ3) is 3.87. The first-order chi connectivity index (χ1) is 14.0. The highest BCUT2D eigenvalue weighted by Gasteiger charge is 2.51. The molecule has 1 unspecified atom stereocenters. The molecule has 2 fully saturated rings. The fourth-order valence-corrected chi connectivity index (χ4v) is 4.33. The van der Waals surface area contributed by atoms with E-state index in [-0.39, 0.29) is 23.4 Å². The van der Waals surface area contributed by atoms with Gasteiger partial charge in [0.2, 0.25) is 5.91 Å². The van der Waals surface area contributed by atoms with Crippen LogP contribution in [0.2, 0.25) is 0 Å². The van der Waals surface area contributed by atoms with E-state index >= 15 is 0 Å². The molecule has 2 amide bonds. The highest BCUT2D eigenvalue weighted by atomic mass is 19.2. The zero-order valence-corrected chi connectivity index (χ0v) is 15.9. The summed E-state index contributed by atoms with van der Waals surface area (Å²) in [6.07, 6.45) is 1.34. The number of para-hydroxylation sites is 1. The number of likely N-dealkylation sites (tertiary alicyclic amines) is 1. The van der Waals surface area contributed by atoms with E-state index in [9.17, 15) is 18.4 Å². The molecular weight excluding hydrogens is 378 g/mol. The van der Waals surface area contributed by atoms with E-state index in [0.717, 1.165) is 12.1 Å². The van der Waals surface area contributed by atoms with Gasteiger partial charge in [-0.1, -0.05) is 18.2 Å². The summed E-state index contributed by atoms with van der Waals surface area (Å²) in [6, 6.07) is 12.3. The van der Waals surface area contributed by atoms with Crippen molar-refractivity contribution in [2.45, 2.75) is 12.8 Å². The van der Waals surface area contributed by atoms with Crippen molar-refractivity contribution in [1.82, 2.24) is 4.90 Å². The minimum absolute atomic E-state index is 0.0789. The molecule has 1 N–H and O–H groups in total. The molecule has 7 heteroatoms. The van der Waals surface area contributed by atoms with Gasteiger partial charge in [-0.2, -0.15) is 0 Å². The van der Waals surface area contributed by atoms with Crippen molar-refractivity contribution in [2.24, 2.45) is 11.3 Å². The first-order valence-corrected chi connectivity index (χ1v) is 9.66. The Labute approximate surface area is 167 Å². The van der Waals surface area contributed by atoms with Crippen molar-refractivity contribution in [3.63, 3.8) is 0 Å². The number of anilines is 1. The molecule has 152 valence electrons. The molecule has 0 bridgehead atoms. The number of carbonyl (C=O) groups excluding carboxylic acids is 2. The van der Waals surface area contributed by atoms with Crippen molar-refractivity contribution in [3.05, 3.63) is 65.7 Å². The number of nitrogens with zero attached hydrogens (tertiary/aromatic N) is 1. The van der Waals surface area contributed by atoms with E-state index in [0.29, 0.717) is 38.3 Å². The monoisotopic (exact) mass is 400 g/mol. The summed E-state index contributed by atoms with van der Waals surface area (Å²) in [4.78, 5) is 27.6. The molecule has 1 atom stereocenters. The van der Waals surface area contributed by atoms with Gasteiger partial charge in [-0.25, -0.2) is 8.78 Å². The summed E-state index contributed by atoms with van der Waals surface area (Å²) in [5.41, 5.74) is 0.394. The molecule has 0 aromatic heterocycles. The molecule has 2 aromatic rings. The highest BCUT2D eigenvalue weighted by molar-refractivity contribution is 5.97. The van der Waals surface area contributed by atoms with Crippen LogP contribution in [0.5, 0.6) is 0 Å². The molecular formula is C22H22F2N2O3. The Kier molecular flexibility index (Phi) is 5.32. The smallest absolute Gasteiger partial charge is 0.254 e. The van der Waals surface area contributed by atoms with Crippen molar-refractivity contribution in [1.29, 1.82) is 0 Å². The van der Waals surface area contributed by atoms with Crippen LogP contribution in [0.1, 0.15) is 23.2 Å². The first kappa shape index (κ1) is 19.5. The second-order valence-electron chi connectivity index (χ2n) is 7.70. The summed E-state index contributed by atoms with van der Waals surface area (Å²) in [5.74, 6) is -3.00. The predicted molar refractivity (Wildman–Crippen MR) is 103 cm³/mol. The highest BCUT2D eigenvalue weighted by Crippen LogP contribution is 2.45. The number of hydrogen-bond donors (Lipinski definition) is 1. The van der Waals surface area contributed by atoms with Crippen LogP contribution >= 0.6 is 0 Å². The van der Waals surface area contributed by atoms with Crippen molar-refractivity contribution in [2.75, 3.05) is 31.6 Å². The third-order valence-electron chi connectivity index (χ3n) is 5.95. The van der Waals surface area contributed by atoms with E-state index in [1.807, 2.05) is 30.3 Å². The SMILES string of the molecule is O=C(Nc1ccccc1)C1CN(C(=O)c2ccc(F)c(F)c2)CC12CCOCC2. The summed E-state index contributed by atoms with van der Waals surface area (Å²) < 4.78 is 32.3. The predicted octanol–water partition coefficient (Wildman–Crippen LogP) is 3.47. The maximum Gasteiger partial charge on any atom is 0.254 e. The zero-order chi connectivity index (χ0) is 20.4. The second-order valence-corrected chi connectivity index (χ2v) is 7.70. The number of carbonyl (C=O) groups is 2. The van der Waals surface area contributed by atoms with Crippen LogP contribution in [0.15, 0.2) is 48.5 Å². The van der Waals surface area contributed by atoms with Crippen LogP contribution < -0.4 is 5.32 Å². The average molecular weight is 400 g/mol. The van der Waals surface area contributed by atoms with E-state index < -0.39 is 23.5 Å². The lowest BCUT2D eigenvalue weighted by Gasteiger charge is -2.37. The number of ether oxygens (including phenoxy) is 1. The van der Waals surface area contributed by atoms with Crippen molar-refractivity contribution < 1.29 is 23.1 Å². The molecule has 2 aliphatic rings. The number of hydrogen-bond acceptors (Lipinski definition) is 3. The van der Waals surface area contributed by atoms with E-state index in [2.05, 4.69) is 5.32 Å². The van der Waals surface area contributed by atoms with Crippen molar-refractivity contribution >= 4 is 17.5 Å². The molecule has 5 nitrogen and oxygen atoms in total. The van der Waals surface area contributed by atoms with Gasteiger partial charge in [0.15, 0.2) is 11.6 Å². The molecule has 0 saturated carbocycles. The van der Waals surface area contributed by atoms with Gasteiger partial charge in [-0.05, 0) is 43.2 Å². The molecule has 4 rings (SSSR count). The van der Waals surface area contributed by atoms with Gasteiger partial charge in [0.05, 0.1) is 5.92 Å². The van der Waals surface area contributed by atoms with Gasteiger partial charge >= 0.3 is 0 Å². The van der Waals surface area contributed by atoms with E-state index in [1.54, 1.807) is 4.90 Å². The quantitative estimate of drug-likeness (QED) is 0.858. The van der Waals surface area contributed by atoms with Crippen LogP contribution in [0.4, 0.5) is 14.5 Å². The van der Waals surface area contributed by atoms with Gasteiger partial charge in [0.1, 0.15) is 0 Å². The van der Waals surface area contributed by atoms with Gasteiger partial charge in [0, 0.05) is 43.0 Å². The fraction of sp³-hybridized carbons (Fsp3) is 0.364. The first-order valence-electron chi connectivity index (χ1n) is 9.66. The summed E-state index contributed by atoms with van der Waals surface area (Å²) in [5, 5.41) is 2.94. The maximum atomic E-state index is 13.6. The molecule has 2 aliphatic heterocycles. The number of rotatable bonds is 3. The van der Waals surface area contributed by atoms with Gasteiger partial charge < -0.3 is 15.0 Å². The molecule has 0 radical (unpaired) electrons. The van der Waals surface area contributed by atoms with Crippen LogP contribution in [-0.2, 0) is 9.53 Å². The van der Waals surface area contributed by atoms with Gasteiger partial charge in [-0.15, -0.1) is 0 Å².